The number of methoxy groups -OCH3 is 1. The molecule has 20 heavy (non-hydrogen) atoms. The van der Waals surface area contributed by atoms with Crippen LogP contribution in [-0.4, -0.2) is 49.3 Å². The lowest BCUT2D eigenvalue weighted by atomic mass is 10.2. The summed E-state index contributed by atoms with van der Waals surface area (Å²) in [5.41, 5.74) is 0.541. The van der Waals surface area contributed by atoms with Crippen molar-refractivity contribution in [3.63, 3.8) is 0 Å². The van der Waals surface area contributed by atoms with E-state index in [1.165, 1.54) is 17.0 Å². The molecule has 1 aromatic rings. The molecule has 0 radical (unpaired) electrons. The van der Waals surface area contributed by atoms with E-state index in [0.29, 0.717) is 23.3 Å². The van der Waals surface area contributed by atoms with Gasteiger partial charge in [-0.2, -0.15) is 0 Å². The Balaban J connectivity index is 2.69. The second-order valence-electron chi connectivity index (χ2n) is 4.20. The van der Waals surface area contributed by atoms with Gasteiger partial charge < -0.3 is 20.1 Å². The number of nitrogens with one attached hydrogen (secondary N) is 1. The van der Waals surface area contributed by atoms with Crippen LogP contribution in [0.5, 0.6) is 0 Å². The van der Waals surface area contributed by atoms with Crippen molar-refractivity contribution in [2.75, 3.05) is 32.6 Å². The average Bonchev–Trinajstić information content (AvgIpc) is 2.41. The Morgan fingerprint density at radius 3 is 2.75 bits per heavy atom. The van der Waals surface area contributed by atoms with Gasteiger partial charge in [-0.25, -0.2) is 9.59 Å². The normalized spacial score (nSPS) is 10.2. The second kappa shape index (κ2) is 7.86. The molecule has 0 saturated heterocycles. The molecule has 0 aliphatic rings. The number of nitrogens with zero attached hydrogens (tertiary/aromatic N) is 1. The van der Waals surface area contributed by atoms with Crippen molar-refractivity contribution in [2.24, 2.45) is 0 Å². The Labute approximate surface area is 125 Å². The Hall–Kier alpha value is -1.60. The fourth-order valence-electron chi connectivity index (χ4n) is 1.51. The van der Waals surface area contributed by atoms with Gasteiger partial charge in [0.1, 0.15) is 0 Å². The molecule has 0 unspecified atom stereocenters. The van der Waals surface area contributed by atoms with Gasteiger partial charge in [-0.15, -0.1) is 0 Å². The summed E-state index contributed by atoms with van der Waals surface area (Å²) in [5, 5.41) is 11.6. The molecular weight excluding hydrogens is 328 g/mol. The average molecular weight is 345 g/mol. The Morgan fingerprint density at radius 2 is 2.15 bits per heavy atom. The van der Waals surface area contributed by atoms with Gasteiger partial charge in [-0.1, -0.05) is 0 Å². The number of carboxylic acids is 1. The molecule has 2 amide bonds. The third kappa shape index (κ3) is 4.82. The van der Waals surface area contributed by atoms with Crippen LogP contribution < -0.4 is 5.32 Å². The Morgan fingerprint density at radius 1 is 1.45 bits per heavy atom. The Kier molecular flexibility index (Phi) is 6.47. The van der Waals surface area contributed by atoms with E-state index >= 15 is 0 Å². The van der Waals surface area contributed by atoms with Crippen LogP contribution in [0.3, 0.4) is 0 Å². The minimum absolute atomic E-state index is 0.116. The zero-order valence-corrected chi connectivity index (χ0v) is 12.9. The molecule has 0 aliphatic carbocycles. The number of halogens is 1. The van der Waals surface area contributed by atoms with Crippen molar-refractivity contribution in [1.82, 2.24) is 4.90 Å². The number of amides is 2. The largest absolute Gasteiger partial charge is 0.478 e. The summed E-state index contributed by atoms with van der Waals surface area (Å²) in [4.78, 5) is 24.4. The quantitative estimate of drug-likeness (QED) is 0.777. The summed E-state index contributed by atoms with van der Waals surface area (Å²) in [6, 6.07) is 4.16. The van der Waals surface area contributed by atoms with Crippen LogP contribution in [-0.2, 0) is 4.74 Å². The maximum absolute atomic E-state index is 11.9. The zero-order valence-electron chi connectivity index (χ0n) is 11.4. The van der Waals surface area contributed by atoms with E-state index in [1.807, 2.05) is 0 Å². The highest BCUT2D eigenvalue weighted by molar-refractivity contribution is 9.10. The summed E-state index contributed by atoms with van der Waals surface area (Å²) in [6.07, 6.45) is 0.733. The number of aromatic carboxylic acids is 1. The molecule has 0 aliphatic heterocycles. The molecule has 110 valence electrons. The van der Waals surface area contributed by atoms with Crippen molar-refractivity contribution in [3.8, 4) is 0 Å². The fourth-order valence-corrected chi connectivity index (χ4v) is 1.86. The van der Waals surface area contributed by atoms with E-state index in [1.54, 1.807) is 20.2 Å². The first-order valence-corrected chi connectivity index (χ1v) is 6.79. The minimum atomic E-state index is -1.04. The number of anilines is 1. The molecule has 1 aromatic carbocycles. The van der Waals surface area contributed by atoms with Crippen LogP contribution in [0.15, 0.2) is 22.7 Å². The van der Waals surface area contributed by atoms with Crippen molar-refractivity contribution in [1.29, 1.82) is 0 Å². The van der Waals surface area contributed by atoms with Crippen molar-refractivity contribution >= 4 is 33.6 Å². The molecular formula is C13H17BrN2O4. The maximum Gasteiger partial charge on any atom is 0.335 e. The summed E-state index contributed by atoms with van der Waals surface area (Å²) < 4.78 is 5.55. The van der Waals surface area contributed by atoms with Gasteiger partial charge in [0.15, 0.2) is 0 Å². The summed E-state index contributed by atoms with van der Waals surface area (Å²) >= 11 is 3.27. The van der Waals surface area contributed by atoms with E-state index in [9.17, 15) is 9.59 Å². The number of hydrogen-bond acceptors (Lipinski definition) is 3. The molecule has 7 heteroatoms. The van der Waals surface area contributed by atoms with Crippen LogP contribution in [0.4, 0.5) is 10.5 Å². The van der Waals surface area contributed by atoms with Crippen LogP contribution in [0.25, 0.3) is 0 Å². The number of hydrogen-bond donors (Lipinski definition) is 2. The first kappa shape index (κ1) is 16.5. The number of rotatable bonds is 6. The highest BCUT2D eigenvalue weighted by Gasteiger charge is 2.12. The number of carbonyl (C=O) groups excluding carboxylic acids is 1. The third-order valence-corrected chi connectivity index (χ3v) is 3.34. The molecule has 0 atom stereocenters. The van der Waals surface area contributed by atoms with Crippen LogP contribution >= 0.6 is 15.9 Å². The molecule has 6 nitrogen and oxygen atoms in total. The second-order valence-corrected chi connectivity index (χ2v) is 5.05. The molecule has 0 bridgehead atoms. The van der Waals surface area contributed by atoms with Gasteiger partial charge >= 0.3 is 12.0 Å². The number of carbonyl (C=O) groups is 2. The first-order chi connectivity index (χ1) is 9.45. The summed E-state index contributed by atoms with van der Waals surface area (Å²) in [7, 11) is 3.27. The predicted octanol–water partition coefficient (Wildman–Crippen LogP) is 2.65. The highest BCUT2D eigenvalue weighted by Crippen LogP contribution is 2.24. The molecule has 0 saturated carbocycles. The van der Waals surface area contributed by atoms with E-state index in [2.05, 4.69) is 21.2 Å². The van der Waals surface area contributed by atoms with Crippen molar-refractivity contribution in [3.05, 3.63) is 28.2 Å². The van der Waals surface area contributed by atoms with Crippen molar-refractivity contribution < 1.29 is 19.4 Å². The van der Waals surface area contributed by atoms with Crippen LogP contribution in [0.2, 0.25) is 0 Å². The standard InChI is InChI=1S/C13H17BrN2O4/c1-16(6-3-7-20-2)13(19)15-11-8-9(12(17)18)4-5-10(11)14/h4-5,8H,3,6-7H2,1-2H3,(H,15,19)(H,17,18). The SMILES string of the molecule is COCCCN(C)C(=O)Nc1cc(C(=O)O)ccc1Br. The zero-order chi connectivity index (χ0) is 15.1. The van der Waals surface area contributed by atoms with Gasteiger partial charge in [-0.05, 0) is 40.5 Å². The minimum Gasteiger partial charge on any atom is -0.478 e. The monoisotopic (exact) mass is 344 g/mol. The van der Waals surface area contributed by atoms with Gasteiger partial charge in [0.2, 0.25) is 0 Å². The molecule has 1 rings (SSSR count). The molecule has 2 N–H and O–H groups in total. The molecule has 0 fully saturated rings. The van der Waals surface area contributed by atoms with E-state index < -0.39 is 5.97 Å². The maximum atomic E-state index is 11.9. The van der Waals surface area contributed by atoms with Crippen LogP contribution in [0.1, 0.15) is 16.8 Å². The lowest BCUT2D eigenvalue weighted by molar-refractivity contribution is 0.0697. The fraction of sp³-hybridized carbons (Fsp3) is 0.385. The van der Waals surface area contributed by atoms with Gasteiger partial charge in [0, 0.05) is 31.8 Å². The predicted molar refractivity (Wildman–Crippen MR) is 79.2 cm³/mol. The lowest BCUT2D eigenvalue weighted by Crippen LogP contribution is -2.32. The molecule has 0 aromatic heterocycles. The summed E-state index contributed by atoms with van der Waals surface area (Å²) in [6.45, 7) is 1.13. The first-order valence-electron chi connectivity index (χ1n) is 5.99. The highest BCUT2D eigenvalue weighted by atomic mass is 79.9. The van der Waals surface area contributed by atoms with E-state index in [0.717, 1.165) is 6.42 Å². The van der Waals surface area contributed by atoms with E-state index in [4.69, 9.17) is 9.84 Å². The van der Waals surface area contributed by atoms with Crippen LogP contribution in [0, 0.1) is 0 Å². The smallest absolute Gasteiger partial charge is 0.335 e. The third-order valence-electron chi connectivity index (χ3n) is 2.64. The number of ether oxygens (including phenoxy) is 1. The Bertz CT molecular complexity index is 493. The number of carboxylic acid groups (broad SMARTS) is 1. The van der Waals surface area contributed by atoms with Gasteiger partial charge in [-0.3, -0.25) is 0 Å². The lowest BCUT2D eigenvalue weighted by Gasteiger charge is -2.18. The number of benzene rings is 1. The van der Waals surface area contributed by atoms with Crippen molar-refractivity contribution in [2.45, 2.75) is 6.42 Å². The van der Waals surface area contributed by atoms with Gasteiger partial charge in [0.05, 0.1) is 11.3 Å². The topological polar surface area (TPSA) is 78.9 Å². The summed E-state index contributed by atoms with van der Waals surface area (Å²) in [5.74, 6) is -1.04. The molecule has 0 heterocycles. The van der Waals surface area contributed by atoms with Gasteiger partial charge in [0.25, 0.3) is 0 Å². The van der Waals surface area contributed by atoms with E-state index in [-0.39, 0.29) is 11.6 Å². The molecule has 0 spiro atoms. The number of urea groups is 1.